The SMILES string of the molecule is Cc1c(CC(C)(C)N(C(=O)O)[C@H]2CCCC[C@H]2N)c2c(N)cccc2n1C. The van der Waals surface area contributed by atoms with E-state index in [2.05, 4.69) is 17.6 Å². The highest BCUT2D eigenvalue weighted by molar-refractivity contribution is 5.95. The fraction of sp³-hybridized carbons (Fsp3) is 0.571. The van der Waals surface area contributed by atoms with E-state index >= 15 is 0 Å². The van der Waals surface area contributed by atoms with Crippen molar-refractivity contribution in [2.24, 2.45) is 12.8 Å². The van der Waals surface area contributed by atoms with Crippen LogP contribution in [0.4, 0.5) is 10.5 Å². The first-order chi connectivity index (χ1) is 12.6. The largest absolute Gasteiger partial charge is 0.465 e. The second-order valence-corrected chi connectivity index (χ2v) is 8.52. The summed E-state index contributed by atoms with van der Waals surface area (Å²) >= 11 is 0. The van der Waals surface area contributed by atoms with Crippen LogP contribution in [0.25, 0.3) is 10.9 Å². The molecule has 1 aromatic carbocycles. The minimum absolute atomic E-state index is 0.104. The van der Waals surface area contributed by atoms with Gasteiger partial charge >= 0.3 is 6.09 Å². The number of carbonyl (C=O) groups is 1. The predicted molar refractivity (Wildman–Crippen MR) is 110 cm³/mol. The van der Waals surface area contributed by atoms with E-state index in [9.17, 15) is 9.90 Å². The van der Waals surface area contributed by atoms with Crippen LogP contribution in [0.3, 0.4) is 0 Å². The van der Waals surface area contributed by atoms with Gasteiger partial charge in [-0.15, -0.1) is 0 Å². The molecule has 1 aromatic heterocycles. The molecule has 2 atom stereocenters. The molecule has 0 saturated heterocycles. The number of nitrogen functional groups attached to an aromatic ring is 1. The molecule has 0 aliphatic heterocycles. The number of fused-ring (bicyclic) bond motifs is 1. The number of carboxylic acid groups (broad SMARTS) is 1. The molecular formula is C21H32N4O2. The van der Waals surface area contributed by atoms with Gasteiger partial charge in [-0.1, -0.05) is 18.9 Å². The fourth-order valence-corrected chi connectivity index (χ4v) is 4.77. The van der Waals surface area contributed by atoms with Gasteiger partial charge in [-0.25, -0.2) is 4.79 Å². The van der Waals surface area contributed by atoms with Crippen LogP contribution < -0.4 is 11.5 Å². The summed E-state index contributed by atoms with van der Waals surface area (Å²) < 4.78 is 2.13. The van der Waals surface area contributed by atoms with E-state index in [0.717, 1.165) is 53.5 Å². The normalized spacial score (nSPS) is 20.8. The lowest BCUT2D eigenvalue weighted by Gasteiger charge is -2.46. The Morgan fingerprint density at radius 3 is 2.63 bits per heavy atom. The summed E-state index contributed by atoms with van der Waals surface area (Å²) in [5, 5.41) is 11.1. The Balaban J connectivity index is 2.03. The van der Waals surface area contributed by atoms with E-state index in [1.807, 2.05) is 33.0 Å². The molecule has 1 heterocycles. The Kier molecular flexibility index (Phi) is 5.12. The van der Waals surface area contributed by atoms with Gasteiger partial charge in [0.2, 0.25) is 0 Å². The molecule has 6 nitrogen and oxygen atoms in total. The molecule has 1 amide bonds. The average molecular weight is 373 g/mol. The number of nitrogens with zero attached hydrogens (tertiary/aromatic N) is 2. The van der Waals surface area contributed by atoms with E-state index in [4.69, 9.17) is 11.5 Å². The molecule has 0 unspecified atom stereocenters. The van der Waals surface area contributed by atoms with Gasteiger partial charge < -0.3 is 21.1 Å². The minimum atomic E-state index is -0.895. The highest BCUT2D eigenvalue weighted by Gasteiger charge is 2.40. The lowest BCUT2D eigenvalue weighted by molar-refractivity contribution is 0.0410. The van der Waals surface area contributed by atoms with Gasteiger partial charge in [0.25, 0.3) is 0 Å². The third-order valence-corrected chi connectivity index (χ3v) is 6.26. The summed E-state index contributed by atoms with van der Waals surface area (Å²) in [5.74, 6) is 0. The van der Waals surface area contributed by atoms with Gasteiger partial charge in [-0.05, 0) is 57.7 Å². The van der Waals surface area contributed by atoms with Crippen molar-refractivity contribution < 1.29 is 9.90 Å². The molecule has 1 aliphatic rings. The van der Waals surface area contributed by atoms with Gasteiger partial charge in [0.05, 0.1) is 11.6 Å². The zero-order valence-corrected chi connectivity index (χ0v) is 16.8. The molecular weight excluding hydrogens is 340 g/mol. The third kappa shape index (κ3) is 3.38. The van der Waals surface area contributed by atoms with E-state index in [1.54, 1.807) is 4.90 Å². The number of rotatable bonds is 4. The molecule has 27 heavy (non-hydrogen) atoms. The van der Waals surface area contributed by atoms with E-state index < -0.39 is 11.6 Å². The summed E-state index contributed by atoms with van der Waals surface area (Å²) in [5.41, 5.74) is 16.1. The molecule has 0 bridgehead atoms. The van der Waals surface area contributed by atoms with Crippen molar-refractivity contribution in [2.75, 3.05) is 5.73 Å². The number of hydrogen-bond acceptors (Lipinski definition) is 3. The van der Waals surface area contributed by atoms with Crippen molar-refractivity contribution >= 4 is 22.7 Å². The molecule has 1 fully saturated rings. The second-order valence-electron chi connectivity index (χ2n) is 8.52. The first-order valence-electron chi connectivity index (χ1n) is 9.75. The van der Waals surface area contributed by atoms with Crippen LogP contribution in [0.15, 0.2) is 18.2 Å². The zero-order chi connectivity index (χ0) is 19.9. The summed E-state index contributed by atoms with van der Waals surface area (Å²) in [6.07, 6.45) is 3.51. The molecule has 1 saturated carbocycles. The number of aryl methyl sites for hydroxylation is 1. The number of anilines is 1. The van der Waals surface area contributed by atoms with Crippen LogP contribution in [-0.4, -0.2) is 38.3 Å². The molecule has 6 heteroatoms. The monoisotopic (exact) mass is 372 g/mol. The van der Waals surface area contributed by atoms with Gasteiger partial charge in [-0.3, -0.25) is 4.90 Å². The summed E-state index contributed by atoms with van der Waals surface area (Å²) in [4.78, 5) is 13.8. The van der Waals surface area contributed by atoms with Gasteiger partial charge in [0.15, 0.2) is 0 Å². The summed E-state index contributed by atoms with van der Waals surface area (Å²) in [7, 11) is 2.03. The molecule has 3 rings (SSSR count). The number of hydrogen-bond donors (Lipinski definition) is 3. The molecule has 1 aliphatic carbocycles. The van der Waals surface area contributed by atoms with Gasteiger partial charge in [0, 0.05) is 35.4 Å². The zero-order valence-electron chi connectivity index (χ0n) is 16.8. The maximum absolute atomic E-state index is 12.2. The Morgan fingerprint density at radius 1 is 1.33 bits per heavy atom. The van der Waals surface area contributed by atoms with Crippen LogP contribution in [-0.2, 0) is 13.5 Å². The summed E-state index contributed by atoms with van der Waals surface area (Å²) in [6, 6.07) is 5.67. The number of nitrogens with two attached hydrogens (primary N) is 2. The van der Waals surface area contributed by atoms with E-state index in [-0.39, 0.29) is 12.1 Å². The van der Waals surface area contributed by atoms with Gasteiger partial charge in [0.1, 0.15) is 0 Å². The molecule has 0 radical (unpaired) electrons. The van der Waals surface area contributed by atoms with E-state index in [0.29, 0.717) is 6.42 Å². The molecule has 2 aromatic rings. The highest BCUT2D eigenvalue weighted by Crippen LogP contribution is 2.36. The molecule has 5 N–H and O–H groups in total. The lowest BCUT2D eigenvalue weighted by atomic mass is 9.84. The van der Waals surface area contributed by atoms with Crippen LogP contribution in [0.2, 0.25) is 0 Å². The van der Waals surface area contributed by atoms with Crippen LogP contribution in [0.1, 0.15) is 50.8 Å². The van der Waals surface area contributed by atoms with Crippen molar-refractivity contribution in [1.82, 2.24) is 9.47 Å². The Morgan fingerprint density at radius 2 is 2.00 bits per heavy atom. The predicted octanol–water partition coefficient (Wildman–Crippen LogP) is 3.64. The van der Waals surface area contributed by atoms with Crippen molar-refractivity contribution in [3.63, 3.8) is 0 Å². The second kappa shape index (κ2) is 7.08. The average Bonchev–Trinajstić information content (AvgIpc) is 2.82. The lowest BCUT2D eigenvalue weighted by Crippen LogP contribution is -2.60. The van der Waals surface area contributed by atoms with Crippen molar-refractivity contribution in [2.45, 2.75) is 70.5 Å². The third-order valence-electron chi connectivity index (χ3n) is 6.26. The van der Waals surface area contributed by atoms with Crippen LogP contribution in [0.5, 0.6) is 0 Å². The summed E-state index contributed by atoms with van der Waals surface area (Å²) in [6.45, 7) is 6.07. The van der Waals surface area contributed by atoms with Crippen molar-refractivity contribution in [1.29, 1.82) is 0 Å². The van der Waals surface area contributed by atoms with Crippen LogP contribution in [0, 0.1) is 6.92 Å². The number of aromatic nitrogens is 1. The molecule has 148 valence electrons. The highest BCUT2D eigenvalue weighted by atomic mass is 16.4. The number of amides is 1. The fourth-order valence-electron chi connectivity index (χ4n) is 4.77. The van der Waals surface area contributed by atoms with Crippen molar-refractivity contribution in [3.8, 4) is 0 Å². The van der Waals surface area contributed by atoms with Crippen LogP contribution >= 0.6 is 0 Å². The molecule has 0 spiro atoms. The Bertz CT molecular complexity index is 855. The minimum Gasteiger partial charge on any atom is -0.465 e. The smallest absolute Gasteiger partial charge is 0.408 e. The van der Waals surface area contributed by atoms with E-state index in [1.165, 1.54) is 0 Å². The van der Waals surface area contributed by atoms with Crippen molar-refractivity contribution in [3.05, 3.63) is 29.5 Å². The topological polar surface area (TPSA) is 97.5 Å². The number of benzene rings is 1. The Hall–Kier alpha value is -2.21. The maximum atomic E-state index is 12.2. The Labute approximate surface area is 161 Å². The quantitative estimate of drug-likeness (QED) is 0.714. The first-order valence-corrected chi connectivity index (χ1v) is 9.75. The van der Waals surface area contributed by atoms with Gasteiger partial charge in [-0.2, -0.15) is 0 Å². The maximum Gasteiger partial charge on any atom is 0.408 e. The standard InChI is InChI=1S/C21H32N4O2/c1-13-14(19-16(23)9-7-11-18(19)24(13)4)12-21(2,3)25(20(26)27)17-10-6-5-8-15(17)22/h7,9,11,15,17H,5-6,8,10,12,22-23H2,1-4H3,(H,26,27)/t15-,17+/m1/s1. The first kappa shape index (κ1) is 19.5.